The van der Waals surface area contributed by atoms with Crippen molar-refractivity contribution in [3.63, 3.8) is 0 Å². The molecule has 0 radical (unpaired) electrons. The number of hydrogen-bond donors (Lipinski definition) is 0. The molecule has 0 fully saturated rings. The van der Waals surface area contributed by atoms with Crippen molar-refractivity contribution in [2.75, 3.05) is 14.1 Å². The zero-order chi connectivity index (χ0) is 27.6. The van der Waals surface area contributed by atoms with Gasteiger partial charge in [0.1, 0.15) is 18.1 Å². The number of carbonyl (C=O) groups is 1. The van der Waals surface area contributed by atoms with Gasteiger partial charge in [0.15, 0.2) is 16.6 Å². The minimum Gasteiger partial charge on any atom is -0.496 e. The molecule has 0 unspecified atom stereocenters. The third-order valence-electron chi connectivity index (χ3n) is 5.87. The van der Waals surface area contributed by atoms with E-state index in [0.29, 0.717) is 33.6 Å². The Morgan fingerprint density at radius 3 is 2.71 bits per heavy atom. The number of fused-ring (bicyclic) bond motifs is 3. The Hall–Kier alpha value is -3.59. The molecule has 0 N–H and O–H groups in total. The highest BCUT2D eigenvalue weighted by atomic mass is 32.1. The zero-order valence-electron chi connectivity index (χ0n) is 23.0. The van der Waals surface area contributed by atoms with E-state index in [4.69, 9.17) is 13.6 Å². The number of ether oxygens (including phenoxy) is 2. The predicted octanol–water partition coefficient (Wildman–Crippen LogP) is 5.52. The maximum Gasteiger partial charge on any atom is 0.274 e. The molecule has 3 aromatic heterocycles. The van der Waals surface area contributed by atoms with Gasteiger partial charge in [0.05, 0.1) is 23.4 Å². The maximum absolute atomic E-state index is 14.1. The van der Waals surface area contributed by atoms with Crippen LogP contribution in [0.5, 0.6) is 11.5 Å². The number of amides is 1. The number of halogens is 1. The molecule has 0 spiro atoms. The van der Waals surface area contributed by atoms with Gasteiger partial charge >= 0.3 is 0 Å². The normalized spacial score (nSPS) is 14.3. The van der Waals surface area contributed by atoms with E-state index in [-0.39, 0.29) is 12.3 Å². The van der Waals surface area contributed by atoms with Gasteiger partial charge < -0.3 is 18.9 Å². The Bertz CT molecular complexity index is 1530. The minimum absolute atomic E-state index is 0.0399. The Kier molecular flexibility index (Phi) is 4.65. The van der Waals surface area contributed by atoms with Crippen LogP contribution in [0.15, 0.2) is 42.7 Å². The number of hydrogen-bond acceptors (Lipinski definition) is 5. The van der Waals surface area contributed by atoms with Gasteiger partial charge in [0.2, 0.25) is 0 Å². The van der Waals surface area contributed by atoms with Crippen LogP contribution >= 0.6 is 11.3 Å². The monoisotopic (exact) mass is 497 g/mol. The molecule has 9 heteroatoms. The molecule has 1 amide bonds. The van der Waals surface area contributed by atoms with Crippen LogP contribution in [-0.4, -0.2) is 44.5 Å². The highest BCUT2D eigenvalue weighted by Crippen LogP contribution is 2.44. The van der Waals surface area contributed by atoms with Crippen LogP contribution in [0.25, 0.3) is 27.5 Å². The van der Waals surface area contributed by atoms with Crippen molar-refractivity contribution in [3.8, 4) is 39.0 Å². The highest BCUT2D eigenvalue weighted by Gasteiger charge is 2.34. The lowest BCUT2D eigenvalue weighted by atomic mass is 10.0. The Morgan fingerprint density at radius 2 is 2.11 bits per heavy atom. The summed E-state index contributed by atoms with van der Waals surface area (Å²) >= 11 is 0.890. The summed E-state index contributed by atoms with van der Waals surface area (Å²) in [4.78, 5) is 19.8. The van der Waals surface area contributed by atoms with E-state index in [2.05, 4.69) is 4.98 Å². The molecule has 1 aliphatic heterocycles. The molecule has 182 valence electrons. The first-order valence-corrected chi connectivity index (χ1v) is 11.8. The molecule has 0 saturated carbocycles. The highest BCUT2D eigenvalue weighted by molar-refractivity contribution is 7.13. The average Bonchev–Trinajstić information content (AvgIpc) is 3.54. The number of rotatable bonds is 4. The van der Waals surface area contributed by atoms with Crippen LogP contribution in [0, 0.1) is 5.13 Å². The summed E-state index contributed by atoms with van der Waals surface area (Å²) in [6.07, 6.45) is 3.87. The van der Waals surface area contributed by atoms with Gasteiger partial charge in [-0.3, -0.25) is 9.36 Å². The third kappa shape index (κ3) is 3.89. The quantitative estimate of drug-likeness (QED) is 0.373. The van der Waals surface area contributed by atoms with Crippen molar-refractivity contribution in [1.82, 2.24) is 19.0 Å². The molecule has 0 atom stereocenters. The van der Waals surface area contributed by atoms with Gasteiger partial charge in [0, 0.05) is 53.3 Å². The number of aromatic nitrogens is 3. The lowest BCUT2D eigenvalue weighted by Crippen LogP contribution is -2.43. The molecule has 0 aliphatic carbocycles. The topological polar surface area (TPSA) is 61.5 Å². The van der Waals surface area contributed by atoms with E-state index < -0.39 is 23.6 Å². The summed E-state index contributed by atoms with van der Waals surface area (Å²) in [6.45, 7) is 2.21. The molecule has 4 heterocycles. The summed E-state index contributed by atoms with van der Waals surface area (Å²) in [5, 5.41) is -0.406. The number of methoxy groups -OCH3 is 1. The number of carbonyl (C=O) groups excluding carboxylic acids is 1. The van der Waals surface area contributed by atoms with E-state index in [1.807, 2.05) is 36.1 Å². The van der Waals surface area contributed by atoms with Crippen LogP contribution in [0.3, 0.4) is 0 Å². The fraction of sp³-hybridized carbons (Fsp3) is 0.308. The minimum atomic E-state index is -2.71. The Labute approximate surface area is 211 Å². The van der Waals surface area contributed by atoms with Crippen LogP contribution in [-0.2, 0) is 13.7 Å². The standard InChI is InChI=1S/C26H27FN4O3S/c1-26(2,3)30(5)25(32)23-18-14-34-20-12-19(33-6)16(15-9-10-29(4)13-15)11-17(20)31(18)24(28-23)21-7-8-22(27)35-21/h7-13H,14H2,1-6H3/i5D3. The molecule has 5 rings (SSSR count). The number of imidazole rings is 1. The molecule has 4 aromatic rings. The molecule has 35 heavy (non-hydrogen) atoms. The van der Waals surface area contributed by atoms with E-state index in [1.165, 1.54) is 6.07 Å². The van der Waals surface area contributed by atoms with E-state index >= 15 is 0 Å². The molecular weight excluding hydrogens is 467 g/mol. The molecule has 7 nitrogen and oxygen atoms in total. The van der Waals surface area contributed by atoms with Crippen LogP contribution < -0.4 is 9.47 Å². The lowest BCUT2D eigenvalue weighted by molar-refractivity contribution is 0.0646. The first kappa shape index (κ1) is 19.7. The molecule has 1 aliphatic rings. The fourth-order valence-corrected chi connectivity index (χ4v) is 4.78. The predicted molar refractivity (Wildman–Crippen MR) is 134 cm³/mol. The smallest absolute Gasteiger partial charge is 0.274 e. The third-order valence-corrected chi connectivity index (χ3v) is 6.74. The van der Waals surface area contributed by atoms with Gasteiger partial charge in [-0.05, 0) is 45.0 Å². The molecule has 0 saturated heterocycles. The second-order valence-electron chi connectivity index (χ2n) is 9.36. The summed E-state index contributed by atoms with van der Waals surface area (Å²) in [5.41, 5.74) is 1.58. The van der Waals surface area contributed by atoms with Gasteiger partial charge in [0.25, 0.3) is 5.91 Å². The van der Waals surface area contributed by atoms with Gasteiger partial charge in [-0.15, -0.1) is 11.3 Å². The van der Waals surface area contributed by atoms with Crippen molar-refractivity contribution in [2.45, 2.75) is 32.9 Å². The fourth-order valence-electron chi connectivity index (χ4n) is 4.07. The summed E-state index contributed by atoms with van der Waals surface area (Å²) in [5.74, 6) is 0.658. The summed E-state index contributed by atoms with van der Waals surface area (Å²) < 4.78 is 53.6. The maximum atomic E-state index is 14.1. The van der Waals surface area contributed by atoms with Crippen molar-refractivity contribution in [1.29, 1.82) is 0 Å². The number of thiophene rings is 1. The second kappa shape index (κ2) is 8.27. The number of benzene rings is 1. The van der Waals surface area contributed by atoms with Crippen molar-refractivity contribution in [3.05, 3.63) is 59.2 Å². The van der Waals surface area contributed by atoms with Gasteiger partial charge in [-0.25, -0.2) is 4.98 Å². The van der Waals surface area contributed by atoms with E-state index in [0.717, 1.165) is 27.4 Å². The van der Waals surface area contributed by atoms with E-state index in [1.54, 1.807) is 44.6 Å². The van der Waals surface area contributed by atoms with E-state index in [9.17, 15) is 9.18 Å². The van der Waals surface area contributed by atoms with Gasteiger partial charge in [-0.1, -0.05) is 0 Å². The molecular formula is C26H27FN4O3S. The zero-order valence-corrected chi connectivity index (χ0v) is 20.9. The molecule has 0 bridgehead atoms. The van der Waals surface area contributed by atoms with Crippen molar-refractivity contribution >= 4 is 17.2 Å². The van der Waals surface area contributed by atoms with Crippen LogP contribution in [0.4, 0.5) is 4.39 Å². The first-order chi connectivity index (χ1) is 17.8. The first-order valence-electron chi connectivity index (χ1n) is 12.5. The number of nitrogens with zero attached hydrogens (tertiary/aromatic N) is 4. The summed E-state index contributed by atoms with van der Waals surface area (Å²) in [6, 6.07) is 8.51. The SMILES string of the molecule is [2H]C([2H])([2H])N(C(=O)c1nc(-c2ccc(F)s2)n2c1COc1cc(OC)c(-c3ccn(C)c3)cc1-2)C(C)(C)C. The van der Waals surface area contributed by atoms with Gasteiger partial charge in [-0.2, -0.15) is 4.39 Å². The van der Waals surface area contributed by atoms with Crippen LogP contribution in [0.2, 0.25) is 0 Å². The molecule has 1 aromatic carbocycles. The summed E-state index contributed by atoms with van der Waals surface area (Å²) in [7, 11) is 3.49. The average molecular weight is 498 g/mol. The Balaban J connectivity index is 1.77. The van der Waals surface area contributed by atoms with Crippen molar-refractivity contribution < 1.29 is 22.8 Å². The lowest BCUT2D eigenvalue weighted by Gasteiger charge is -2.32. The van der Waals surface area contributed by atoms with Crippen LogP contribution in [0.1, 0.15) is 41.1 Å². The second-order valence-corrected chi connectivity index (χ2v) is 10.4. The largest absolute Gasteiger partial charge is 0.496 e. The Morgan fingerprint density at radius 1 is 1.31 bits per heavy atom. The number of aryl methyl sites for hydroxylation is 1. The van der Waals surface area contributed by atoms with Crippen molar-refractivity contribution in [2.24, 2.45) is 7.05 Å².